The normalized spacial score (nSPS) is 47.2. The van der Waals surface area contributed by atoms with Crippen LogP contribution in [-0.4, -0.2) is 0 Å². The van der Waals surface area contributed by atoms with Crippen molar-refractivity contribution in [1.82, 2.24) is 0 Å². The fraction of sp³-hybridized carbons (Fsp3) is 0.867. The molecule has 4 atom stereocenters. The van der Waals surface area contributed by atoms with Crippen molar-refractivity contribution in [2.45, 2.75) is 53.4 Å². The first-order valence-electron chi connectivity index (χ1n) is 6.72. The van der Waals surface area contributed by atoms with Crippen molar-refractivity contribution >= 4 is 0 Å². The molecule has 0 bridgehead atoms. The van der Waals surface area contributed by atoms with Gasteiger partial charge >= 0.3 is 0 Å². The van der Waals surface area contributed by atoms with Gasteiger partial charge in [0.15, 0.2) is 0 Å². The second kappa shape index (κ2) is 2.90. The second-order valence-corrected chi connectivity index (χ2v) is 6.84. The fourth-order valence-electron chi connectivity index (χ4n) is 4.73. The van der Waals surface area contributed by atoms with E-state index in [1.807, 2.05) is 5.57 Å². The van der Waals surface area contributed by atoms with Crippen molar-refractivity contribution in [3.63, 3.8) is 0 Å². The molecule has 0 N–H and O–H groups in total. The van der Waals surface area contributed by atoms with Gasteiger partial charge in [0.1, 0.15) is 0 Å². The van der Waals surface area contributed by atoms with Crippen LogP contribution in [0, 0.1) is 29.1 Å². The van der Waals surface area contributed by atoms with Crippen LogP contribution in [-0.2, 0) is 0 Å². The maximum Gasteiger partial charge on any atom is -0.0138 e. The van der Waals surface area contributed by atoms with Crippen LogP contribution in [0.1, 0.15) is 53.4 Å². The van der Waals surface area contributed by atoms with Gasteiger partial charge in [-0.2, -0.15) is 0 Å². The molecule has 0 heteroatoms. The smallest absolute Gasteiger partial charge is 0.0138 e. The number of allylic oxidation sites excluding steroid dienone is 2. The molecule has 0 amide bonds. The zero-order chi connectivity index (χ0) is 10.8. The van der Waals surface area contributed by atoms with Crippen LogP contribution in [0.2, 0.25) is 0 Å². The number of hydrogen-bond donors (Lipinski definition) is 0. The zero-order valence-electron chi connectivity index (χ0n) is 10.6. The highest BCUT2D eigenvalue weighted by atomic mass is 14.7. The lowest BCUT2D eigenvalue weighted by Gasteiger charge is -2.20. The second-order valence-electron chi connectivity index (χ2n) is 6.84. The monoisotopic (exact) mass is 204 g/mol. The average Bonchev–Trinajstić information content (AvgIpc) is 2.55. The summed E-state index contributed by atoms with van der Waals surface area (Å²) in [6.45, 7) is 9.90. The molecule has 0 aromatic carbocycles. The third-order valence-corrected chi connectivity index (χ3v) is 5.79. The van der Waals surface area contributed by atoms with E-state index in [2.05, 4.69) is 27.7 Å². The Labute approximate surface area is 94.1 Å². The molecule has 0 saturated heterocycles. The summed E-state index contributed by atoms with van der Waals surface area (Å²) in [5.74, 6) is 3.99. The maximum absolute atomic E-state index is 2.51. The summed E-state index contributed by atoms with van der Waals surface area (Å²) in [7, 11) is 0. The van der Waals surface area contributed by atoms with Crippen molar-refractivity contribution in [3.05, 3.63) is 11.1 Å². The fourth-order valence-corrected chi connectivity index (χ4v) is 4.73. The van der Waals surface area contributed by atoms with Gasteiger partial charge in [0.05, 0.1) is 0 Å². The summed E-state index contributed by atoms with van der Waals surface area (Å²) in [5, 5.41) is 0. The molecule has 84 valence electrons. The van der Waals surface area contributed by atoms with Crippen molar-refractivity contribution < 1.29 is 0 Å². The molecule has 3 aliphatic rings. The summed E-state index contributed by atoms with van der Waals surface area (Å²) in [5.41, 5.74) is 4.29. The predicted octanol–water partition coefficient (Wildman–Crippen LogP) is 4.42. The molecule has 3 aliphatic carbocycles. The van der Waals surface area contributed by atoms with Gasteiger partial charge in [0, 0.05) is 0 Å². The van der Waals surface area contributed by atoms with Crippen LogP contribution < -0.4 is 0 Å². The molecular weight excluding hydrogens is 180 g/mol. The van der Waals surface area contributed by atoms with Crippen LogP contribution in [0.5, 0.6) is 0 Å². The standard InChI is InChI=1S/C15H24/c1-9-6-8-12-14(15(12,3)4)13-10(2)5-7-11(9)13/h10,12-14H,5-8H2,1-4H3/t10-,12-,13+,14+/m0/s1. The summed E-state index contributed by atoms with van der Waals surface area (Å²) < 4.78 is 0. The van der Waals surface area contributed by atoms with Gasteiger partial charge in [-0.15, -0.1) is 0 Å². The Balaban J connectivity index is 1.99. The van der Waals surface area contributed by atoms with Gasteiger partial charge in [-0.1, -0.05) is 31.9 Å². The van der Waals surface area contributed by atoms with Crippen LogP contribution in [0.3, 0.4) is 0 Å². The SMILES string of the molecule is CC1=C2CC[C@H](C)[C@H]2[C@H]2[C@H](CC1)C2(C)C. The molecule has 0 aliphatic heterocycles. The van der Waals surface area contributed by atoms with Crippen LogP contribution >= 0.6 is 0 Å². The topological polar surface area (TPSA) is 0 Å². The molecule has 0 nitrogen and oxygen atoms in total. The van der Waals surface area contributed by atoms with E-state index in [9.17, 15) is 0 Å². The van der Waals surface area contributed by atoms with E-state index >= 15 is 0 Å². The molecule has 0 aromatic heterocycles. The molecule has 0 heterocycles. The number of hydrogen-bond acceptors (Lipinski definition) is 0. The Morgan fingerprint density at radius 2 is 1.87 bits per heavy atom. The highest BCUT2D eigenvalue weighted by molar-refractivity contribution is 5.29. The van der Waals surface area contributed by atoms with Gasteiger partial charge in [0.25, 0.3) is 0 Å². The van der Waals surface area contributed by atoms with E-state index in [1.54, 1.807) is 5.57 Å². The molecule has 0 unspecified atom stereocenters. The van der Waals surface area contributed by atoms with Gasteiger partial charge in [-0.25, -0.2) is 0 Å². The van der Waals surface area contributed by atoms with Gasteiger partial charge in [-0.3, -0.25) is 0 Å². The third-order valence-electron chi connectivity index (χ3n) is 5.79. The minimum atomic E-state index is 0.662. The Morgan fingerprint density at radius 1 is 1.13 bits per heavy atom. The predicted molar refractivity (Wildman–Crippen MR) is 64.6 cm³/mol. The number of fused-ring (bicyclic) bond motifs is 3. The first-order chi connectivity index (χ1) is 7.03. The number of rotatable bonds is 0. The molecule has 15 heavy (non-hydrogen) atoms. The van der Waals surface area contributed by atoms with E-state index in [0.29, 0.717) is 5.41 Å². The molecule has 3 rings (SSSR count). The Bertz CT molecular complexity index is 321. The van der Waals surface area contributed by atoms with E-state index in [4.69, 9.17) is 0 Å². The van der Waals surface area contributed by atoms with Crippen molar-refractivity contribution in [2.24, 2.45) is 29.1 Å². The Kier molecular flexibility index (Phi) is 1.92. The van der Waals surface area contributed by atoms with Gasteiger partial charge in [0.2, 0.25) is 0 Å². The van der Waals surface area contributed by atoms with Crippen molar-refractivity contribution in [2.75, 3.05) is 0 Å². The van der Waals surface area contributed by atoms with Gasteiger partial charge < -0.3 is 0 Å². The first-order valence-corrected chi connectivity index (χ1v) is 6.72. The Morgan fingerprint density at radius 3 is 2.60 bits per heavy atom. The third kappa shape index (κ3) is 1.20. The summed E-state index contributed by atoms with van der Waals surface area (Å²) in [6.07, 6.45) is 5.73. The molecular formula is C15H24. The van der Waals surface area contributed by atoms with Crippen molar-refractivity contribution in [1.29, 1.82) is 0 Å². The van der Waals surface area contributed by atoms with Crippen LogP contribution in [0.4, 0.5) is 0 Å². The first kappa shape index (κ1) is 9.93. The lowest BCUT2D eigenvalue weighted by molar-refractivity contribution is 0.362. The average molecular weight is 204 g/mol. The zero-order valence-corrected chi connectivity index (χ0v) is 10.6. The molecule has 0 spiro atoms. The van der Waals surface area contributed by atoms with Crippen LogP contribution in [0.25, 0.3) is 0 Å². The quantitative estimate of drug-likeness (QED) is 0.513. The molecule has 0 aromatic rings. The van der Waals surface area contributed by atoms with Gasteiger partial charge in [-0.05, 0) is 61.7 Å². The summed E-state index contributed by atoms with van der Waals surface area (Å²) >= 11 is 0. The minimum Gasteiger partial charge on any atom is -0.0738 e. The Hall–Kier alpha value is -0.260. The minimum absolute atomic E-state index is 0.662. The van der Waals surface area contributed by atoms with Crippen molar-refractivity contribution in [3.8, 4) is 0 Å². The lowest BCUT2D eigenvalue weighted by Crippen LogP contribution is -2.12. The maximum atomic E-state index is 2.51. The highest BCUT2D eigenvalue weighted by Gasteiger charge is 2.62. The van der Waals surface area contributed by atoms with Crippen LogP contribution in [0.15, 0.2) is 11.1 Å². The summed E-state index contributed by atoms with van der Waals surface area (Å²) in [4.78, 5) is 0. The van der Waals surface area contributed by atoms with E-state index < -0.39 is 0 Å². The highest BCUT2D eigenvalue weighted by Crippen LogP contribution is 2.69. The molecule has 2 saturated carbocycles. The summed E-state index contributed by atoms with van der Waals surface area (Å²) in [6, 6.07) is 0. The largest absolute Gasteiger partial charge is 0.0738 e. The molecule has 2 fully saturated rings. The van der Waals surface area contributed by atoms with E-state index in [-0.39, 0.29) is 0 Å². The van der Waals surface area contributed by atoms with E-state index in [0.717, 1.165) is 23.7 Å². The van der Waals surface area contributed by atoms with E-state index in [1.165, 1.54) is 25.7 Å². The molecule has 0 radical (unpaired) electrons. The lowest BCUT2D eigenvalue weighted by atomic mass is 9.85.